The molecule has 0 radical (unpaired) electrons. The molecule has 0 bridgehead atoms. The molecule has 0 unspecified atom stereocenters. The first-order chi connectivity index (χ1) is 15.9. The fourth-order valence-corrected chi connectivity index (χ4v) is 3.49. The van der Waals surface area contributed by atoms with Crippen LogP contribution >= 0.6 is 0 Å². The molecule has 0 saturated carbocycles. The lowest BCUT2D eigenvalue weighted by Crippen LogP contribution is -2.13. The van der Waals surface area contributed by atoms with Gasteiger partial charge in [-0.25, -0.2) is 9.97 Å². The first-order valence-corrected chi connectivity index (χ1v) is 10.3. The van der Waals surface area contributed by atoms with Crippen LogP contribution in [0.25, 0.3) is 22.3 Å². The smallest absolute Gasteiger partial charge is 0.419 e. The van der Waals surface area contributed by atoms with Crippen molar-refractivity contribution in [3.8, 4) is 23.1 Å². The van der Waals surface area contributed by atoms with E-state index in [1.165, 1.54) is 12.1 Å². The number of imidazole rings is 1. The van der Waals surface area contributed by atoms with Crippen molar-refractivity contribution in [1.29, 1.82) is 5.26 Å². The van der Waals surface area contributed by atoms with Gasteiger partial charge < -0.3 is 15.0 Å². The number of ether oxygens (including phenoxy) is 1. The van der Waals surface area contributed by atoms with Crippen LogP contribution in [0.3, 0.4) is 0 Å². The summed E-state index contributed by atoms with van der Waals surface area (Å²) in [6.45, 7) is 2.79. The van der Waals surface area contributed by atoms with E-state index in [4.69, 9.17) is 4.74 Å². The highest BCUT2D eigenvalue weighted by atomic mass is 19.4. The van der Waals surface area contributed by atoms with Gasteiger partial charge in [-0.15, -0.1) is 0 Å². The molecule has 0 atom stereocenters. The standard InChI is InChI=1S/C24H20F3N5O/c1-2-33-21-9-8-16(10-17(21)24(25,26)27)18-11-19-23(20(12-28)30-18)32-22(31-19)14-29-13-15-6-4-3-5-7-15/h3-11,29H,2,13-14H2,1H3,(H,31,32). The Morgan fingerprint density at radius 1 is 1.06 bits per heavy atom. The summed E-state index contributed by atoms with van der Waals surface area (Å²) in [5, 5.41) is 12.8. The third-order valence-electron chi connectivity index (χ3n) is 4.97. The van der Waals surface area contributed by atoms with Crippen LogP contribution in [0.5, 0.6) is 5.75 Å². The van der Waals surface area contributed by atoms with E-state index >= 15 is 0 Å². The van der Waals surface area contributed by atoms with Crippen LogP contribution in [0.15, 0.2) is 54.6 Å². The summed E-state index contributed by atoms with van der Waals surface area (Å²) in [7, 11) is 0. The van der Waals surface area contributed by atoms with E-state index in [9.17, 15) is 18.4 Å². The van der Waals surface area contributed by atoms with E-state index in [2.05, 4.69) is 20.3 Å². The molecule has 2 heterocycles. The lowest BCUT2D eigenvalue weighted by molar-refractivity contribution is -0.138. The molecule has 0 spiro atoms. The molecule has 4 aromatic rings. The number of benzene rings is 2. The number of nitrogens with one attached hydrogen (secondary N) is 2. The van der Waals surface area contributed by atoms with E-state index in [1.54, 1.807) is 13.0 Å². The number of H-pyrrole nitrogens is 1. The van der Waals surface area contributed by atoms with Crippen molar-refractivity contribution in [3.63, 3.8) is 0 Å². The summed E-state index contributed by atoms with van der Waals surface area (Å²) in [6, 6.07) is 17.2. The molecular weight excluding hydrogens is 431 g/mol. The Hall–Kier alpha value is -3.90. The summed E-state index contributed by atoms with van der Waals surface area (Å²) in [4.78, 5) is 11.8. The van der Waals surface area contributed by atoms with Crippen molar-refractivity contribution in [2.24, 2.45) is 0 Å². The van der Waals surface area contributed by atoms with Gasteiger partial charge in [0.1, 0.15) is 23.2 Å². The van der Waals surface area contributed by atoms with Crippen molar-refractivity contribution in [3.05, 3.63) is 77.2 Å². The second kappa shape index (κ2) is 9.30. The topological polar surface area (TPSA) is 86.6 Å². The average molecular weight is 451 g/mol. The predicted octanol–water partition coefficient (Wildman–Crippen LogP) is 5.20. The van der Waals surface area contributed by atoms with Gasteiger partial charge in [0.05, 0.1) is 29.9 Å². The maximum atomic E-state index is 13.5. The first kappa shape index (κ1) is 22.3. The summed E-state index contributed by atoms with van der Waals surface area (Å²) >= 11 is 0. The number of nitrogens with zero attached hydrogens (tertiary/aromatic N) is 3. The predicted molar refractivity (Wildman–Crippen MR) is 117 cm³/mol. The van der Waals surface area contributed by atoms with Gasteiger partial charge in [-0.05, 0) is 36.8 Å². The van der Waals surface area contributed by atoms with Gasteiger partial charge in [0.2, 0.25) is 0 Å². The number of aromatic nitrogens is 3. The number of aromatic amines is 1. The van der Waals surface area contributed by atoms with Crippen molar-refractivity contribution in [2.45, 2.75) is 26.2 Å². The molecule has 0 aliphatic rings. The first-order valence-electron chi connectivity index (χ1n) is 10.3. The summed E-state index contributed by atoms with van der Waals surface area (Å²) in [5.74, 6) is 0.350. The van der Waals surface area contributed by atoms with E-state index in [0.29, 0.717) is 29.9 Å². The van der Waals surface area contributed by atoms with Gasteiger partial charge in [-0.1, -0.05) is 30.3 Å². The number of rotatable bonds is 7. The average Bonchev–Trinajstić information content (AvgIpc) is 3.22. The minimum atomic E-state index is -4.59. The largest absolute Gasteiger partial charge is 0.493 e. The number of nitriles is 1. The lowest BCUT2D eigenvalue weighted by atomic mass is 10.1. The number of fused-ring (bicyclic) bond motifs is 1. The fourth-order valence-electron chi connectivity index (χ4n) is 3.49. The van der Waals surface area contributed by atoms with Gasteiger partial charge >= 0.3 is 6.18 Å². The number of hydrogen-bond acceptors (Lipinski definition) is 5. The molecule has 2 aromatic carbocycles. The second-order valence-corrected chi connectivity index (χ2v) is 7.28. The molecule has 33 heavy (non-hydrogen) atoms. The molecule has 168 valence electrons. The number of halogens is 3. The highest BCUT2D eigenvalue weighted by Gasteiger charge is 2.35. The van der Waals surface area contributed by atoms with Crippen LogP contribution in [-0.2, 0) is 19.3 Å². The molecule has 0 saturated heterocycles. The molecular formula is C24H20F3N5O. The third kappa shape index (κ3) is 4.96. The van der Waals surface area contributed by atoms with Gasteiger partial charge in [0.25, 0.3) is 0 Å². The monoisotopic (exact) mass is 451 g/mol. The Morgan fingerprint density at radius 3 is 2.55 bits per heavy atom. The summed E-state index contributed by atoms with van der Waals surface area (Å²) < 4.78 is 45.7. The normalized spacial score (nSPS) is 11.5. The van der Waals surface area contributed by atoms with Gasteiger partial charge in [0.15, 0.2) is 5.69 Å². The van der Waals surface area contributed by atoms with Crippen LogP contribution in [0.2, 0.25) is 0 Å². The molecule has 0 aliphatic heterocycles. The molecule has 0 fully saturated rings. The van der Waals surface area contributed by atoms with E-state index in [-0.39, 0.29) is 29.3 Å². The van der Waals surface area contributed by atoms with Crippen LogP contribution in [0.1, 0.15) is 29.6 Å². The molecule has 9 heteroatoms. The lowest BCUT2D eigenvalue weighted by Gasteiger charge is -2.14. The van der Waals surface area contributed by atoms with Gasteiger partial charge in [-0.2, -0.15) is 18.4 Å². The number of hydrogen-bond donors (Lipinski definition) is 2. The SMILES string of the molecule is CCOc1ccc(-c2cc3[nH]c(CNCc4ccccc4)nc3c(C#N)n2)cc1C(F)(F)F. The van der Waals surface area contributed by atoms with Crippen LogP contribution < -0.4 is 10.1 Å². The summed E-state index contributed by atoms with van der Waals surface area (Å²) in [6.07, 6.45) is -4.59. The number of pyridine rings is 1. The maximum absolute atomic E-state index is 13.5. The molecule has 6 nitrogen and oxygen atoms in total. The Kier molecular flexibility index (Phi) is 6.29. The minimum Gasteiger partial charge on any atom is -0.493 e. The van der Waals surface area contributed by atoms with Crippen LogP contribution in [-0.4, -0.2) is 21.6 Å². The second-order valence-electron chi connectivity index (χ2n) is 7.28. The fraction of sp³-hybridized carbons (Fsp3) is 0.208. The zero-order valence-corrected chi connectivity index (χ0v) is 17.7. The van der Waals surface area contributed by atoms with Crippen LogP contribution in [0, 0.1) is 11.3 Å². The molecule has 4 rings (SSSR count). The van der Waals surface area contributed by atoms with Crippen molar-refractivity contribution < 1.29 is 17.9 Å². The zero-order chi connectivity index (χ0) is 23.4. The van der Waals surface area contributed by atoms with Crippen molar-refractivity contribution >= 4 is 11.0 Å². The van der Waals surface area contributed by atoms with Gasteiger partial charge in [-0.3, -0.25) is 0 Å². The molecule has 0 aliphatic carbocycles. The summed E-state index contributed by atoms with van der Waals surface area (Å²) in [5.41, 5.74) is 1.62. The van der Waals surface area contributed by atoms with E-state index in [1.807, 2.05) is 36.4 Å². The van der Waals surface area contributed by atoms with E-state index in [0.717, 1.165) is 11.6 Å². The Balaban J connectivity index is 1.65. The highest BCUT2D eigenvalue weighted by molar-refractivity contribution is 5.84. The Bertz CT molecular complexity index is 1310. The minimum absolute atomic E-state index is 0.0375. The molecule has 0 amide bonds. The van der Waals surface area contributed by atoms with Crippen molar-refractivity contribution in [1.82, 2.24) is 20.3 Å². The maximum Gasteiger partial charge on any atom is 0.419 e. The molecule has 2 N–H and O–H groups in total. The highest BCUT2D eigenvalue weighted by Crippen LogP contribution is 2.39. The van der Waals surface area contributed by atoms with Crippen LogP contribution in [0.4, 0.5) is 13.2 Å². The number of alkyl halides is 3. The zero-order valence-electron chi connectivity index (χ0n) is 17.7. The Morgan fingerprint density at radius 2 is 1.85 bits per heavy atom. The van der Waals surface area contributed by atoms with Gasteiger partial charge in [0, 0.05) is 12.1 Å². The quantitative estimate of drug-likeness (QED) is 0.403. The van der Waals surface area contributed by atoms with E-state index < -0.39 is 11.7 Å². The third-order valence-corrected chi connectivity index (χ3v) is 4.97. The Labute approximate surface area is 188 Å². The molecule has 2 aromatic heterocycles. The van der Waals surface area contributed by atoms with Crippen molar-refractivity contribution in [2.75, 3.05) is 6.61 Å².